The van der Waals surface area contributed by atoms with Gasteiger partial charge in [0.15, 0.2) is 0 Å². The second kappa shape index (κ2) is 5.46. The van der Waals surface area contributed by atoms with E-state index in [0.717, 1.165) is 11.1 Å². The zero-order valence-electron chi connectivity index (χ0n) is 15.7. The van der Waals surface area contributed by atoms with Crippen LogP contribution in [0.4, 0.5) is 0 Å². The molecule has 0 bridgehead atoms. The molecule has 3 rings (SSSR count). The number of benzene rings is 2. The summed E-state index contributed by atoms with van der Waals surface area (Å²) in [6.07, 6.45) is 2.64. The molecule has 0 nitrogen and oxygen atoms in total. The predicted octanol–water partition coefficient (Wildman–Crippen LogP) is 6.13. The van der Waals surface area contributed by atoms with Gasteiger partial charge < -0.3 is 0 Å². The standard InChI is InChI=1S/C21H30Si2/c1-15(2)23(16(3)4)20-13-12-17-10-8-9-11-18(17)19(20)14-21(23)22(5,6)7/h8-16H,1-7H3. The molecule has 2 aromatic rings. The first-order chi connectivity index (χ1) is 10.7. The summed E-state index contributed by atoms with van der Waals surface area (Å²) in [4.78, 5) is 1.88. The number of hydrogen-bond acceptors (Lipinski definition) is 0. The SMILES string of the molecule is CC(C)[Si]1(C(C)C)C([Si](C)(C)C)=Cc2c1ccc1ccccc21. The third-order valence-corrected chi connectivity index (χ3v) is 17.0. The fraction of sp³-hybridized carbons (Fsp3) is 0.429. The van der Waals surface area contributed by atoms with Gasteiger partial charge in [0, 0.05) is 0 Å². The second-order valence-electron chi connectivity index (χ2n) is 8.73. The molecule has 0 atom stereocenters. The van der Waals surface area contributed by atoms with Crippen molar-refractivity contribution in [2.24, 2.45) is 0 Å². The van der Waals surface area contributed by atoms with E-state index < -0.39 is 16.1 Å². The molecule has 0 unspecified atom stereocenters. The van der Waals surface area contributed by atoms with Crippen molar-refractivity contribution in [2.75, 3.05) is 0 Å². The first-order valence-corrected chi connectivity index (χ1v) is 14.6. The largest absolute Gasteiger partial charge is 0.115 e. The molecular formula is C21H30Si2. The molecule has 2 heteroatoms. The van der Waals surface area contributed by atoms with Gasteiger partial charge in [-0.1, -0.05) is 94.6 Å². The molecule has 122 valence electrons. The summed E-state index contributed by atoms with van der Waals surface area (Å²) in [6, 6.07) is 13.8. The molecule has 0 saturated heterocycles. The molecule has 0 aliphatic carbocycles. The Morgan fingerprint density at radius 3 is 2.00 bits per heavy atom. The number of fused-ring (bicyclic) bond motifs is 3. The minimum Gasteiger partial charge on any atom is -0.0850 e. The molecule has 23 heavy (non-hydrogen) atoms. The van der Waals surface area contributed by atoms with Crippen LogP contribution in [-0.4, -0.2) is 16.1 Å². The van der Waals surface area contributed by atoms with Gasteiger partial charge in [-0.15, -0.1) is 0 Å². The Morgan fingerprint density at radius 1 is 0.826 bits per heavy atom. The Bertz CT molecular complexity index is 768. The molecule has 0 N–H and O–H groups in total. The molecule has 0 amide bonds. The van der Waals surface area contributed by atoms with Crippen molar-refractivity contribution in [2.45, 2.75) is 58.4 Å². The van der Waals surface area contributed by atoms with Crippen LogP contribution in [0.5, 0.6) is 0 Å². The minimum absolute atomic E-state index is 0.753. The van der Waals surface area contributed by atoms with E-state index in [1.165, 1.54) is 10.8 Å². The van der Waals surface area contributed by atoms with Gasteiger partial charge in [-0.05, 0) is 32.6 Å². The maximum atomic E-state index is 2.64. The lowest BCUT2D eigenvalue weighted by atomic mass is 10.0. The molecule has 0 fully saturated rings. The Balaban J connectivity index is 2.43. The van der Waals surface area contributed by atoms with Gasteiger partial charge >= 0.3 is 0 Å². The molecule has 0 spiro atoms. The second-order valence-corrected chi connectivity index (χ2v) is 19.4. The Morgan fingerprint density at radius 2 is 1.43 bits per heavy atom. The van der Waals surface area contributed by atoms with E-state index in [1.807, 2.05) is 4.82 Å². The normalized spacial score (nSPS) is 17.0. The van der Waals surface area contributed by atoms with Crippen molar-refractivity contribution in [1.29, 1.82) is 0 Å². The summed E-state index contributed by atoms with van der Waals surface area (Å²) in [5, 5.41) is 4.55. The third kappa shape index (κ3) is 2.30. The first-order valence-electron chi connectivity index (χ1n) is 8.95. The maximum absolute atomic E-state index is 2.64. The van der Waals surface area contributed by atoms with Crippen molar-refractivity contribution >= 4 is 38.2 Å². The van der Waals surface area contributed by atoms with E-state index in [1.54, 1.807) is 10.8 Å². The molecule has 1 heterocycles. The van der Waals surface area contributed by atoms with Crippen LogP contribution in [0.25, 0.3) is 16.8 Å². The van der Waals surface area contributed by atoms with Crippen molar-refractivity contribution in [1.82, 2.24) is 0 Å². The lowest BCUT2D eigenvalue weighted by Gasteiger charge is -2.44. The quantitative estimate of drug-likeness (QED) is 0.591. The molecular weight excluding hydrogens is 308 g/mol. The summed E-state index contributed by atoms with van der Waals surface area (Å²) in [7, 11) is -3.01. The van der Waals surface area contributed by atoms with Crippen LogP contribution in [0.3, 0.4) is 0 Å². The molecule has 1 aliphatic heterocycles. The highest BCUT2D eigenvalue weighted by Crippen LogP contribution is 2.47. The van der Waals surface area contributed by atoms with Crippen LogP contribution in [0, 0.1) is 0 Å². The van der Waals surface area contributed by atoms with Gasteiger partial charge in [-0.2, -0.15) is 0 Å². The van der Waals surface area contributed by atoms with Gasteiger partial charge in [-0.25, -0.2) is 0 Å². The summed E-state index contributed by atoms with van der Waals surface area (Å²) >= 11 is 0. The topological polar surface area (TPSA) is 0 Å². The van der Waals surface area contributed by atoms with Crippen molar-refractivity contribution in [3.63, 3.8) is 0 Å². The van der Waals surface area contributed by atoms with E-state index in [2.05, 4.69) is 89.8 Å². The van der Waals surface area contributed by atoms with Crippen LogP contribution in [0.15, 0.2) is 41.2 Å². The zero-order valence-corrected chi connectivity index (χ0v) is 17.7. The van der Waals surface area contributed by atoms with E-state index in [4.69, 9.17) is 0 Å². The molecule has 1 aliphatic rings. The highest BCUT2D eigenvalue weighted by Gasteiger charge is 2.52. The molecule has 0 saturated carbocycles. The minimum atomic E-state index is -1.67. The molecule has 0 radical (unpaired) electrons. The van der Waals surface area contributed by atoms with E-state index in [9.17, 15) is 0 Å². The number of hydrogen-bond donors (Lipinski definition) is 0. The van der Waals surface area contributed by atoms with E-state index in [-0.39, 0.29) is 0 Å². The van der Waals surface area contributed by atoms with Gasteiger partial charge in [0.2, 0.25) is 0 Å². The smallest absolute Gasteiger partial charge is 0.0850 e. The lowest BCUT2D eigenvalue weighted by Crippen LogP contribution is -2.58. The fourth-order valence-electron chi connectivity index (χ4n) is 4.97. The van der Waals surface area contributed by atoms with Gasteiger partial charge in [0.05, 0.1) is 8.07 Å². The van der Waals surface area contributed by atoms with Crippen LogP contribution in [-0.2, 0) is 0 Å². The summed E-state index contributed by atoms with van der Waals surface area (Å²) in [6.45, 7) is 17.5. The van der Waals surface area contributed by atoms with E-state index >= 15 is 0 Å². The predicted molar refractivity (Wildman–Crippen MR) is 111 cm³/mol. The van der Waals surface area contributed by atoms with Crippen molar-refractivity contribution < 1.29 is 0 Å². The summed E-state index contributed by atoms with van der Waals surface area (Å²) in [5.74, 6) is 0. The average molecular weight is 339 g/mol. The van der Waals surface area contributed by atoms with Crippen LogP contribution >= 0.6 is 0 Å². The Hall–Kier alpha value is -1.13. The van der Waals surface area contributed by atoms with Gasteiger partial charge in [0.25, 0.3) is 0 Å². The summed E-state index contributed by atoms with van der Waals surface area (Å²) < 4.78 is 0. The number of rotatable bonds is 3. The van der Waals surface area contributed by atoms with Crippen LogP contribution in [0.1, 0.15) is 33.3 Å². The third-order valence-electron chi connectivity index (χ3n) is 5.78. The van der Waals surface area contributed by atoms with E-state index in [0.29, 0.717) is 0 Å². The van der Waals surface area contributed by atoms with Crippen LogP contribution in [0.2, 0.25) is 30.7 Å². The highest BCUT2D eigenvalue weighted by atomic mass is 28.4. The Labute approximate surface area is 143 Å². The van der Waals surface area contributed by atoms with Crippen molar-refractivity contribution in [3.8, 4) is 0 Å². The molecule has 2 aromatic carbocycles. The van der Waals surface area contributed by atoms with Gasteiger partial charge in [-0.3, -0.25) is 0 Å². The Kier molecular flexibility index (Phi) is 3.97. The zero-order chi connectivity index (χ0) is 17.0. The van der Waals surface area contributed by atoms with Crippen LogP contribution < -0.4 is 5.19 Å². The lowest BCUT2D eigenvalue weighted by molar-refractivity contribution is 0.925. The fourth-order valence-corrected chi connectivity index (χ4v) is 18.2. The van der Waals surface area contributed by atoms with Crippen molar-refractivity contribution in [3.05, 3.63) is 46.8 Å². The van der Waals surface area contributed by atoms with Gasteiger partial charge in [0.1, 0.15) is 8.07 Å². The maximum Gasteiger partial charge on any atom is 0.115 e. The highest BCUT2D eigenvalue weighted by molar-refractivity contribution is 7.15. The first kappa shape index (κ1) is 16.7. The average Bonchev–Trinajstić information content (AvgIpc) is 2.83. The monoisotopic (exact) mass is 338 g/mol. The molecule has 0 aromatic heterocycles. The summed E-state index contributed by atoms with van der Waals surface area (Å²) in [5.41, 5.74) is 3.06.